The van der Waals surface area contributed by atoms with E-state index in [1.165, 1.54) is 6.42 Å². The summed E-state index contributed by atoms with van der Waals surface area (Å²) in [4.78, 5) is 10.2. The molecule has 0 amide bonds. The molecule has 0 aliphatic carbocycles. The Morgan fingerprint density at radius 3 is 2.45 bits per heavy atom. The molecule has 0 saturated carbocycles. The van der Waals surface area contributed by atoms with Gasteiger partial charge in [0.2, 0.25) is 10.0 Å². The summed E-state index contributed by atoms with van der Waals surface area (Å²) in [5.41, 5.74) is -0.263. The predicted octanol–water partition coefficient (Wildman–Crippen LogP) is 3.16. The molecular formula is C15H22FNO4S. The largest absolute Gasteiger partial charge is 0.478 e. The minimum atomic E-state index is -4.03. The van der Waals surface area contributed by atoms with Crippen molar-refractivity contribution in [3.05, 3.63) is 29.6 Å². The Labute approximate surface area is 130 Å². The third-order valence-corrected chi connectivity index (χ3v) is 4.77. The molecule has 5 nitrogen and oxygen atoms in total. The molecule has 0 atom stereocenters. The average Bonchev–Trinajstić information content (AvgIpc) is 2.46. The van der Waals surface area contributed by atoms with Crippen LogP contribution in [-0.4, -0.2) is 26.0 Å². The Morgan fingerprint density at radius 2 is 1.82 bits per heavy atom. The van der Waals surface area contributed by atoms with Gasteiger partial charge < -0.3 is 5.11 Å². The maximum absolute atomic E-state index is 13.6. The summed E-state index contributed by atoms with van der Waals surface area (Å²) >= 11 is 0. The number of nitrogens with one attached hydrogen (secondary N) is 1. The lowest BCUT2D eigenvalue weighted by Gasteiger charge is -2.08. The average molecular weight is 331 g/mol. The second kappa shape index (κ2) is 8.85. The van der Waals surface area contributed by atoms with Gasteiger partial charge in [-0.3, -0.25) is 0 Å². The van der Waals surface area contributed by atoms with E-state index >= 15 is 0 Å². The van der Waals surface area contributed by atoms with Gasteiger partial charge in [0, 0.05) is 6.54 Å². The summed E-state index contributed by atoms with van der Waals surface area (Å²) < 4.78 is 40.0. The van der Waals surface area contributed by atoms with E-state index in [4.69, 9.17) is 5.11 Å². The molecule has 0 unspecified atom stereocenters. The summed E-state index contributed by atoms with van der Waals surface area (Å²) in [6.07, 6.45) is 6.05. The highest BCUT2D eigenvalue weighted by molar-refractivity contribution is 7.89. The van der Waals surface area contributed by atoms with Crippen molar-refractivity contribution in [2.24, 2.45) is 0 Å². The first-order chi connectivity index (χ1) is 10.4. The first-order valence-corrected chi connectivity index (χ1v) is 8.89. The Kier molecular flexibility index (Phi) is 7.47. The summed E-state index contributed by atoms with van der Waals surface area (Å²) in [5, 5.41) is 8.85. The van der Waals surface area contributed by atoms with E-state index < -0.39 is 26.7 Å². The van der Waals surface area contributed by atoms with Gasteiger partial charge in [-0.05, 0) is 24.6 Å². The summed E-state index contributed by atoms with van der Waals surface area (Å²) in [5.74, 6) is -2.26. The van der Waals surface area contributed by atoms with Crippen LogP contribution in [0.15, 0.2) is 23.1 Å². The Bertz CT molecular complexity index is 602. The number of sulfonamides is 1. The molecule has 0 heterocycles. The lowest BCUT2D eigenvalue weighted by atomic mass is 10.1. The fourth-order valence-corrected chi connectivity index (χ4v) is 3.21. The molecule has 0 aliphatic rings. The Hall–Kier alpha value is -1.47. The number of aromatic carboxylic acids is 1. The van der Waals surface area contributed by atoms with Crippen molar-refractivity contribution >= 4 is 16.0 Å². The normalized spacial score (nSPS) is 11.5. The zero-order valence-corrected chi connectivity index (χ0v) is 13.5. The molecule has 2 N–H and O–H groups in total. The van der Waals surface area contributed by atoms with Gasteiger partial charge in [0.05, 0.1) is 5.56 Å². The second-order valence-corrected chi connectivity index (χ2v) is 6.85. The molecule has 22 heavy (non-hydrogen) atoms. The molecule has 0 aliphatic heterocycles. The molecule has 0 aromatic heterocycles. The zero-order chi connectivity index (χ0) is 16.6. The molecule has 0 saturated heterocycles. The van der Waals surface area contributed by atoms with E-state index in [0.29, 0.717) is 6.42 Å². The molecular weight excluding hydrogens is 309 g/mol. The molecule has 1 aromatic rings. The summed E-state index contributed by atoms with van der Waals surface area (Å²) in [6.45, 7) is 2.33. The molecule has 1 rings (SSSR count). The number of carboxylic acid groups (broad SMARTS) is 1. The zero-order valence-electron chi connectivity index (χ0n) is 12.6. The number of benzene rings is 1. The standard InChI is InChI=1S/C15H22FNO4S/c1-2-3-4-5-6-7-10-17-22(20,21)14-11-12(15(18)19)8-9-13(14)16/h8-9,11,17H,2-7,10H2,1H3,(H,18,19). The lowest BCUT2D eigenvalue weighted by Crippen LogP contribution is -2.26. The smallest absolute Gasteiger partial charge is 0.335 e. The van der Waals surface area contributed by atoms with E-state index in [9.17, 15) is 17.6 Å². The van der Waals surface area contributed by atoms with Gasteiger partial charge >= 0.3 is 5.97 Å². The highest BCUT2D eigenvalue weighted by atomic mass is 32.2. The summed E-state index contributed by atoms with van der Waals surface area (Å²) in [7, 11) is -4.03. The van der Waals surface area contributed by atoms with Crippen LogP contribution in [0, 0.1) is 5.82 Å². The van der Waals surface area contributed by atoms with Crippen molar-refractivity contribution in [1.29, 1.82) is 0 Å². The number of halogens is 1. The second-order valence-electron chi connectivity index (χ2n) is 5.12. The van der Waals surface area contributed by atoms with Crippen LogP contribution in [0.5, 0.6) is 0 Å². The molecule has 7 heteroatoms. The molecule has 0 fully saturated rings. The van der Waals surface area contributed by atoms with Crippen LogP contribution in [0.4, 0.5) is 4.39 Å². The number of hydrogen-bond donors (Lipinski definition) is 2. The van der Waals surface area contributed by atoms with E-state index in [1.54, 1.807) is 0 Å². The summed E-state index contributed by atoms with van der Waals surface area (Å²) in [6, 6.07) is 2.72. The van der Waals surface area contributed by atoms with Crippen molar-refractivity contribution in [1.82, 2.24) is 4.72 Å². The quantitative estimate of drug-likeness (QED) is 0.645. The molecule has 0 bridgehead atoms. The topological polar surface area (TPSA) is 83.5 Å². The molecule has 0 spiro atoms. The first kappa shape index (κ1) is 18.6. The number of carbonyl (C=O) groups is 1. The highest BCUT2D eigenvalue weighted by Crippen LogP contribution is 2.16. The Morgan fingerprint density at radius 1 is 1.18 bits per heavy atom. The van der Waals surface area contributed by atoms with Gasteiger partial charge in [-0.15, -0.1) is 0 Å². The minimum Gasteiger partial charge on any atom is -0.478 e. The van der Waals surface area contributed by atoms with Crippen LogP contribution < -0.4 is 4.72 Å². The third-order valence-electron chi connectivity index (χ3n) is 3.29. The van der Waals surface area contributed by atoms with Gasteiger partial charge in [-0.1, -0.05) is 39.0 Å². The van der Waals surface area contributed by atoms with Crippen molar-refractivity contribution in [2.75, 3.05) is 6.54 Å². The van der Waals surface area contributed by atoms with E-state index in [0.717, 1.165) is 43.9 Å². The number of rotatable bonds is 10. The van der Waals surface area contributed by atoms with E-state index in [2.05, 4.69) is 11.6 Å². The van der Waals surface area contributed by atoms with Crippen LogP contribution >= 0.6 is 0 Å². The monoisotopic (exact) mass is 331 g/mol. The first-order valence-electron chi connectivity index (χ1n) is 7.41. The van der Waals surface area contributed by atoms with Crippen molar-refractivity contribution in [3.8, 4) is 0 Å². The van der Waals surface area contributed by atoms with Crippen molar-refractivity contribution in [3.63, 3.8) is 0 Å². The SMILES string of the molecule is CCCCCCCCNS(=O)(=O)c1cc(C(=O)O)ccc1F. The van der Waals surface area contributed by atoms with Crippen LogP contribution in [0.1, 0.15) is 55.8 Å². The maximum atomic E-state index is 13.6. The third kappa shape index (κ3) is 5.73. The number of hydrogen-bond acceptors (Lipinski definition) is 3. The number of unbranched alkanes of at least 4 members (excludes halogenated alkanes) is 5. The lowest BCUT2D eigenvalue weighted by molar-refractivity contribution is 0.0696. The molecule has 124 valence electrons. The molecule has 0 radical (unpaired) electrons. The Balaban J connectivity index is 2.59. The van der Waals surface area contributed by atoms with Crippen LogP contribution in [0.25, 0.3) is 0 Å². The van der Waals surface area contributed by atoms with E-state index in [1.807, 2.05) is 0 Å². The van der Waals surface area contributed by atoms with E-state index in [-0.39, 0.29) is 12.1 Å². The molecule has 1 aromatic carbocycles. The van der Waals surface area contributed by atoms with Crippen LogP contribution in [0.2, 0.25) is 0 Å². The van der Waals surface area contributed by atoms with Crippen molar-refractivity contribution in [2.45, 2.75) is 50.3 Å². The highest BCUT2D eigenvalue weighted by Gasteiger charge is 2.20. The fourth-order valence-electron chi connectivity index (χ4n) is 2.03. The van der Waals surface area contributed by atoms with Gasteiger partial charge in [-0.25, -0.2) is 22.3 Å². The minimum absolute atomic E-state index is 0.213. The van der Waals surface area contributed by atoms with Gasteiger partial charge in [0.15, 0.2) is 0 Å². The maximum Gasteiger partial charge on any atom is 0.335 e. The van der Waals surface area contributed by atoms with Gasteiger partial charge in [0.1, 0.15) is 10.7 Å². The fraction of sp³-hybridized carbons (Fsp3) is 0.533. The predicted molar refractivity (Wildman–Crippen MR) is 81.9 cm³/mol. The van der Waals surface area contributed by atoms with Crippen LogP contribution in [-0.2, 0) is 10.0 Å². The van der Waals surface area contributed by atoms with Gasteiger partial charge in [-0.2, -0.15) is 0 Å². The van der Waals surface area contributed by atoms with Crippen LogP contribution in [0.3, 0.4) is 0 Å². The van der Waals surface area contributed by atoms with Crippen molar-refractivity contribution < 1.29 is 22.7 Å². The number of carboxylic acids is 1. The van der Waals surface area contributed by atoms with Gasteiger partial charge in [0.25, 0.3) is 0 Å².